The van der Waals surface area contributed by atoms with Crippen molar-refractivity contribution in [2.75, 3.05) is 7.11 Å². The largest absolute Gasteiger partial charge is 0.496 e. The fourth-order valence-electron chi connectivity index (χ4n) is 1.78. The number of hydrogen-bond acceptors (Lipinski definition) is 4. The number of carbonyl (C=O) groups is 2. The number of alkyl carbamates (subject to hydrolysis) is 1. The molecule has 2 N–H and O–H groups in total. The lowest BCUT2D eigenvalue weighted by Crippen LogP contribution is -2.44. The predicted molar refractivity (Wildman–Crippen MR) is 85.2 cm³/mol. The van der Waals surface area contributed by atoms with Crippen LogP contribution in [0.15, 0.2) is 22.7 Å². The topological polar surface area (TPSA) is 84.9 Å². The Morgan fingerprint density at radius 1 is 1.36 bits per heavy atom. The Morgan fingerprint density at radius 2 is 2.00 bits per heavy atom. The number of rotatable bonds is 5. The Hall–Kier alpha value is -1.76. The average molecular weight is 374 g/mol. The summed E-state index contributed by atoms with van der Waals surface area (Å²) in [6.07, 6.45) is -0.689. The molecule has 1 aromatic rings. The van der Waals surface area contributed by atoms with Crippen LogP contribution >= 0.6 is 15.9 Å². The first-order valence-corrected chi connectivity index (χ1v) is 7.46. The quantitative estimate of drug-likeness (QED) is 0.828. The summed E-state index contributed by atoms with van der Waals surface area (Å²) < 4.78 is 11.1. The monoisotopic (exact) mass is 373 g/mol. The highest BCUT2D eigenvalue weighted by Gasteiger charge is 2.25. The number of halogens is 1. The third-order valence-electron chi connectivity index (χ3n) is 2.66. The van der Waals surface area contributed by atoms with E-state index in [1.54, 1.807) is 39.0 Å². The number of carbonyl (C=O) groups excluding carboxylic acids is 1. The predicted octanol–water partition coefficient (Wildman–Crippen LogP) is 2.98. The maximum absolute atomic E-state index is 11.7. The van der Waals surface area contributed by atoms with Gasteiger partial charge in [-0.1, -0.05) is 15.9 Å². The molecule has 0 unspecified atom stereocenters. The van der Waals surface area contributed by atoms with Gasteiger partial charge in [0.1, 0.15) is 17.4 Å². The molecule has 0 fully saturated rings. The maximum atomic E-state index is 11.7. The molecule has 1 aromatic carbocycles. The molecule has 1 rings (SSSR count). The SMILES string of the molecule is COc1ccc(Br)cc1C[C@H](NC(=O)OC(C)(C)C)C(=O)O. The van der Waals surface area contributed by atoms with E-state index in [-0.39, 0.29) is 6.42 Å². The molecule has 122 valence electrons. The van der Waals surface area contributed by atoms with Crippen molar-refractivity contribution in [3.05, 3.63) is 28.2 Å². The van der Waals surface area contributed by atoms with E-state index in [1.807, 2.05) is 0 Å². The number of carboxylic acid groups (broad SMARTS) is 1. The van der Waals surface area contributed by atoms with Crippen LogP contribution < -0.4 is 10.1 Å². The molecule has 0 aliphatic rings. The van der Waals surface area contributed by atoms with Crippen molar-refractivity contribution >= 4 is 28.0 Å². The summed E-state index contributed by atoms with van der Waals surface area (Å²) in [6, 6.07) is 4.16. The smallest absolute Gasteiger partial charge is 0.408 e. The molecule has 0 aliphatic carbocycles. The molecule has 0 radical (unpaired) electrons. The first-order chi connectivity index (χ1) is 10.1. The van der Waals surface area contributed by atoms with Crippen molar-refractivity contribution < 1.29 is 24.2 Å². The summed E-state index contributed by atoms with van der Waals surface area (Å²) in [5, 5.41) is 11.7. The van der Waals surface area contributed by atoms with Crippen LogP contribution in [0.2, 0.25) is 0 Å². The summed E-state index contributed by atoms with van der Waals surface area (Å²) in [4.78, 5) is 23.1. The number of benzene rings is 1. The highest BCUT2D eigenvalue weighted by atomic mass is 79.9. The Kier molecular flexibility index (Phi) is 6.22. The minimum absolute atomic E-state index is 0.0805. The lowest BCUT2D eigenvalue weighted by Gasteiger charge is -2.22. The molecule has 0 spiro atoms. The van der Waals surface area contributed by atoms with E-state index >= 15 is 0 Å². The van der Waals surface area contributed by atoms with Gasteiger partial charge in [-0.25, -0.2) is 9.59 Å². The highest BCUT2D eigenvalue weighted by molar-refractivity contribution is 9.10. The van der Waals surface area contributed by atoms with Crippen LogP contribution in [-0.2, 0) is 16.0 Å². The van der Waals surface area contributed by atoms with Crippen LogP contribution in [0.1, 0.15) is 26.3 Å². The molecule has 0 aliphatic heterocycles. The number of amides is 1. The number of ether oxygens (including phenoxy) is 2. The van der Waals surface area contributed by atoms with Crippen molar-refractivity contribution in [1.82, 2.24) is 5.32 Å². The first-order valence-electron chi connectivity index (χ1n) is 6.67. The van der Waals surface area contributed by atoms with E-state index in [1.165, 1.54) is 7.11 Å². The summed E-state index contributed by atoms with van der Waals surface area (Å²) in [5.74, 6) is -0.590. The fourth-order valence-corrected chi connectivity index (χ4v) is 2.18. The molecule has 22 heavy (non-hydrogen) atoms. The normalized spacial score (nSPS) is 12.4. The third kappa shape index (κ3) is 5.93. The lowest BCUT2D eigenvalue weighted by atomic mass is 10.1. The van der Waals surface area contributed by atoms with E-state index in [4.69, 9.17) is 9.47 Å². The van der Waals surface area contributed by atoms with Crippen molar-refractivity contribution in [1.29, 1.82) is 0 Å². The van der Waals surface area contributed by atoms with E-state index in [2.05, 4.69) is 21.2 Å². The second kappa shape index (κ2) is 7.49. The van der Waals surface area contributed by atoms with Crippen molar-refractivity contribution in [2.24, 2.45) is 0 Å². The zero-order valence-electron chi connectivity index (χ0n) is 13.0. The molecule has 0 saturated carbocycles. The van der Waals surface area contributed by atoms with Crippen LogP contribution in [0.5, 0.6) is 5.75 Å². The van der Waals surface area contributed by atoms with Gasteiger partial charge < -0.3 is 19.9 Å². The lowest BCUT2D eigenvalue weighted by molar-refractivity contribution is -0.139. The van der Waals surface area contributed by atoms with Gasteiger partial charge in [0, 0.05) is 10.9 Å². The van der Waals surface area contributed by atoms with Crippen molar-refractivity contribution in [2.45, 2.75) is 38.8 Å². The third-order valence-corrected chi connectivity index (χ3v) is 3.15. The first kappa shape index (κ1) is 18.3. The van der Waals surface area contributed by atoms with Gasteiger partial charge in [-0.05, 0) is 44.5 Å². The van der Waals surface area contributed by atoms with Crippen LogP contribution in [0.3, 0.4) is 0 Å². The molecule has 0 aromatic heterocycles. The summed E-state index contributed by atoms with van der Waals surface area (Å²) in [5.41, 5.74) is -0.0269. The molecule has 0 saturated heterocycles. The van der Waals surface area contributed by atoms with Crippen molar-refractivity contribution in [3.63, 3.8) is 0 Å². The summed E-state index contributed by atoms with van der Waals surface area (Å²) >= 11 is 3.33. The van der Waals surface area contributed by atoms with Gasteiger partial charge in [0.05, 0.1) is 7.11 Å². The zero-order valence-corrected chi connectivity index (χ0v) is 14.6. The van der Waals surface area contributed by atoms with Crippen LogP contribution in [0, 0.1) is 0 Å². The molecule has 0 bridgehead atoms. The minimum atomic E-state index is -1.15. The van der Waals surface area contributed by atoms with E-state index in [9.17, 15) is 14.7 Å². The number of carboxylic acids is 1. The Bertz CT molecular complexity index is 553. The van der Waals surface area contributed by atoms with Gasteiger partial charge in [0.25, 0.3) is 0 Å². The molecular formula is C15H20BrNO5. The second-order valence-corrected chi connectivity index (χ2v) is 6.61. The van der Waals surface area contributed by atoms with Crippen molar-refractivity contribution in [3.8, 4) is 5.75 Å². The number of methoxy groups -OCH3 is 1. The minimum Gasteiger partial charge on any atom is -0.496 e. The second-order valence-electron chi connectivity index (χ2n) is 5.70. The standard InChI is InChI=1S/C15H20BrNO5/c1-15(2,3)22-14(20)17-11(13(18)19)8-9-7-10(16)5-6-12(9)21-4/h5-7,11H,8H2,1-4H3,(H,17,20)(H,18,19)/t11-/m0/s1. The summed E-state index contributed by atoms with van der Waals surface area (Å²) in [7, 11) is 1.50. The maximum Gasteiger partial charge on any atom is 0.408 e. The number of nitrogens with one attached hydrogen (secondary N) is 1. The highest BCUT2D eigenvalue weighted by Crippen LogP contribution is 2.24. The molecule has 1 atom stereocenters. The number of hydrogen-bond donors (Lipinski definition) is 2. The fraction of sp³-hybridized carbons (Fsp3) is 0.467. The van der Waals surface area contributed by atoms with Gasteiger partial charge in [0.2, 0.25) is 0 Å². The zero-order chi connectivity index (χ0) is 16.9. The van der Waals surface area contributed by atoms with Crippen LogP contribution in [0.25, 0.3) is 0 Å². The van der Waals surface area contributed by atoms with Gasteiger partial charge in [-0.15, -0.1) is 0 Å². The molecule has 6 nitrogen and oxygen atoms in total. The average Bonchev–Trinajstić information content (AvgIpc) is 2.35. The van der Waals surface area contributed by atoms with Gasteiger partial charge in [-0.2, -0.15) is 0 Å². The van der Waals surface area contributed by atoms with E-state index < -0.39 is 23.7 Å². The van der Waals surface area contributed by atoms with E-state index in [0.717, 1.165) is 4.47 Å². The van der Waals surface area contributed by atoms with E-state index in [0.29, 0.717) is 11.3 Å². The molecular weight excluding hydrogens is 354 g/mol. The Morgan fingerprint density at radius 3 is 2.50 bits per heavy atom. The van der Waals surface area contributed by atoms with Crippen LogP contribution in [0.4, 0.5) is 4.79 Å². The molecule has 1 amide bonds. The Labute approximate surface area is 137 Å². The van der Waals surface area contributed by atoms with Crippen LogP contribution in [-0.4, -0.2) is 35.9 Å². The van der Waals surface area contributed by atoms with Gasteiger partial charge in [-0.3, -0.25) is 0 Å². The number of aliphatic carboxylic acids is 1. The summed E-state index contributed by atoms with van der Waals surface area (Å²) in [6.45, 7) is 5.12. The van der Waals surface area contributed by atoms with Gasteiger partial charge in [0.15, 0.2) is 0 Å². The molecule has 7 heteroatoms. The van der Waals surface area contributed by atoms with Gasteiger partial charge >= 0.3 is 12.1 Å². The Balaban J connectivity index is 2.87. The molecule has 0 heterocycles.